The molecule has 0 saturated heterocycles. The molecule has 0 aliphatic carbocycles. The summed E-state index contributed by atoms with van der Waals surface area (Å²) in [7, 11) is 0. The largest absolute Gasteiger partial charge is 0.331 e. The topological polar surface area (TPSA) is 112 Å². The highest BCUT2D eigenvalue weighted by Crippen LogP contribution is 2.18. The number of aromatic nitrogens is 6. The van der Waals surface area contributed by atoms with E-state index in [-0.39, 0.29) is 22.6 Å². The predicted molar refractivity (Wildman–Crippen MR) is 84.0 cm³/mol. The van der Waals surface area contributed by atoms with Crippen LogP contribution in [0.3, 0.4) is 0 Å². The molecule has 0 amide bonds. The van der Waals surface area contributed by atoms with Gasteiger partial charge in [-0.15, -0.1) is 0 Å². The van der Waals surface area contributed by atoms with Gasteiger partial charge in [0.25, 0.3) is 5.56 Å². The summed E-state index contributed by atoms with van der Waals surface area (Å²) in [5, 5.41) is 6.41. The highest BCUT2D eigenvalue weighted by Gasteiger charge is 2.17. The summed E-state index contributed by atoms with van der Waals surface area (Å²) >= 11 is 0. The number of hydrogen-bond acceptors (Lipinski definition) is 4. The van der Waals surface area contributed by atoms with Crippen LogP contribution in [0.5, 0.6) is 0 Å². The quantitative estimate of drug-likeness (QED) is 0.477. The van der Waals surface area contributed by atoms with Crippen molar-refractivity contribution in [3.63, 3.8) is 0 Å². The van der Waals surface area contributed by atoms with Crippen molar-refractivity contribution < 1.29 is 13.2 Å². The van der Waals surface area contributed by atoms with E-state index in [0.717, 1.165) is 4.57 Å². The number of halogens is 3. The summed E-state index contributed by atoms with van der Waals surface area (Å²) < 4.78 is 41.4. The van der Waals surface area contributed by atoms with Crippen LogP contribution in [-0.2, 0) is 6.54 Å². The zero-order valence-corrected chi connectivity index (χ0v) is 12.8. The number of aromatic amines is 3. The van der Waals surface area contributed by atoms with Gasteiger partial charge in [-0.05, 0) is 12.1 Å². The maximum atomic E-state index is 13.9. The van der Waals surface area contributed by atoms with Crippen LogP contribution in [-0.4, -0.2) is 29.7 Å². The number of benzene rings is 1. The van der Waals surface area contributed by atoms with E-state index in [0.29, 0.717) is 17.8 Å². The molecular weight excluding hydrogens is 353 g/mol. The molecule has 26 heavy (non-hydrogen) atoms. The Balaban J connectivity index is 1.91. The SMILES string of the molecule is O=c1[nH]c(=O)n(Cc2cc(F)c(F)cc2F)c2nc(-c3ccn[nH]3)[nH]c12. The normalized spacial score (nSPS) is 11.3. The van der Waals surface area contributed by atoms with Gasteiger partial charge in [-0.25, -0.2) is 22.9 Å². The Bertz CT molecular complexity index is 1240. The van der Waals surface area contributed by atoms with Gasteiger partial charge in [-0.3, -0.25) is 19.4 Å². The molecule has 0 fully saturated rings. The Morgan fingerprint density at radius 3 is 2.54 bits per heavy atom. The van der Waals surface area contributed by atoms with E-state index in [9.17, 15) is 22.8 Å². The molecular formula is C15H9F3N6O2. The van der Waals surface area contributed by atoms with Crippen molar-refractivity contribution in [2.75, 3.05) is 0 Å². The minimum Gasteiger partial charge on any atom is -0.331 e. The summed E-state index contributed by atoms with van der Waals surface area (Å²) in [6, 6.07) is 2.62. The van der Waals surface area contributed by atoms with Crippen LogP contribution >= 0.6 is 0 Å². The molecule has 1 aromatic carbocycles. The van der Waals surface area contributed by atoms with Crippen molar-refractivity contribution in [1.82, 2.24) is 29.7 Å². The van der Waals surface area contributed by atoms with E-state index in [1.54, 1.807) is 6.07 Å². The first-order valence-corrected chi connectivity index (χ1v) is 7.30. The minimum absolute atomic E-state index is 0.0304. The van der Waals surface area contributed by atoms with Gasteiger partial charge in [-0.1, -0.05) is 0 Å². The Kier molecular flexibility index (Phi) is 3.49. The highest BCUT2D eigenvalue weighted by molar-refractivity contribution is 5.74. The molecule has 11 heteroatoms. The molecule has 0 saturated carbocycles. The molecule has 3 aromatic heterocycles. The molecule has 3 heterocycles. The third-order valence-corrected chi connectivity index (χ3v) is 3.81. The number of fused-ring (bicyclic) bond motifs is 1. The second-order valence-electron chi connectivity index (χ2n) is 5.46. The van der Waals surface area contributed by atoms with Gasteiger partial charge in [0.2, 0.25) is 0 Å². The van der Waals surface area contributed by atoms with E-state index in [4.69, 9.17) is 0 Å². The van der Waals surface area contributed by atoms with Gasteiger partial charge in [0, 0.05) is 17.8 Å². The zero-order valence-electron chi connectivity index (χ0n) is 12.8. The van der Waals surface area contributed by atoms with Crippen LogP contribution < -0.4 is 11.2 Å². The molecule has 0 unspecified atom stereocenters. The average molecular weight is 362 g/mol. The number of nitrogens with zero attached hydrogens (tertiary/aromatic N) is 3. The summed E-state index contributed by atoms with van der Waals surface area (Å²) in [6.45, 7) is -0.456. The fourth-order valence-corrected chi connectivity index (χ4v) is 2.56. The van der Waals surface area contributed by atoms with E-state index in [1.807, 2.05) is 0 Å². The maximum absolute atomic E-state index is 13.9. The van der Waals surface area contributed by atoms with Crippen LogP contribution in [0.1, 0.15) is 5.56 Å². The molecule has 0 spiro atoms. The standard InChI is InChI=1S/C15H9F3N6O2/c16-7-4-9(18)8(17)3-6(7)5-24-13-11(14(25)22-15(24)26)20-12(21-13)10-1-2-19-23-10/h1-4H,5H2,(H,19,23)(H,20,21)(H,22,25,26). The van der Waals surface area contributed by atoms with Gasteiger partial charge in [0.1, 0.15) is 17.0 Å². The Hall–Kier alpha value is -3.63. The lowest BCUT2D eigenvalue weighted by Crippen LogP contribution is -2.31. The Morgan fingerprint density at radius 1 is 1.04 bits per heavy atom. The molecule has 0 aliphatic rings. The molecule has 132 valence electrons. The Morgan fingerprint density at radius 2 is 1.81 bits per heavy atom. The van der Waals surface area contributed by atoms with E-state index < -0.39 is 35.2 Å². The van der Waals surface area contributed by atoms with Gasteiger partial charge in [0.15, 0.2) is 23.1 Å². The van der Waals surface area contributed by atoms with E-state index in [1.165, 1.54) is 6.20 Å². The van der Waals surface area contributed by atoms with Crippen LogP contribution in [0.15, 0.2) is 34.0 Å². The second-order valence-corrected chi connectivity index (χ2v) is 5.46. The number of rotatable bonds is 3. The average Bonchev–Trinajstić information content (AvgIpc) is 3.25. The molecule has 4 rings (SSSR count). The summed E-state index contributed by atoms with van der Waals surface area (Å²) in [5.74, 6) is -3.39. The van der Waals surface area contributed by atoms with Gasteiger partial charge >= 0.3 is 5.69 Å². The van der Waals surface area contributed by atoms with Gasteiger partial charge in [0.05, 0.1) is 6.54 Å². The lowest BCUT2D eigenvalue weighted by molar-refractivity contribution is 0.488. The monoisotopic (exact) mass is 362 g/mol. The van der Waals surface area contributed by atoms with Gasteiger partial charge < -0.3 is 4.98 Å². The molecule has 0 atom stereocenters. The molecule has 8 nitrogen and oxygen atoms in total. The lowest BCUT2D eigenvalue weighted by Gasteiger charge is -2.07. The molecule has 4 aromatic rings. The van der Waals surface area contributed by atoms with E-state index >= 15 is 0 Å². The summed E-state index contributed by atoms with van der Waals surface area (Å²) in [4.78, 5) is 33.1. The van der Waals surface area contributed by atoms with Crippen molar-refractivity contribution in [2.24, 2.45) is 0 Å². The van der Waals surface area contributed by atoms with E-state index in [2.05, 4.69) is 25.1 Å². The number of imidazole rings is 1. The Labute approximate surface area is 141 Å². The summed E-state index contributed by atoms with van der Waals surface area (Å²) in [6.07, 6.45) is 1.47. The predicted octanol–water partition coefficient (Wildman–Crippen LogP) is 1.27. The van der Waals surface area contributed by atoms with Crippen LogP contribution in [0, 0.1) is 17.5 Å². The van der Waals surface area contributed by atoms with Crippen molar-refractivity contribution in [1.29, 1.82) is 0 Å². The number of nitrogens with one attached hydrogen (secondary N) is 3. The molecule has 3 N–H and O–H groups in total. The lowest BCUT2D eigenvalue weighted by atomic mass is 10.2. The second kappa shape index (κ2) is 5.72. The van der Waals surface area contributed by atoms with Crippen LogP contribution in [0.2, 0.25) is 0 Å². The van der Waals surface area contributed by atoms with Crippen molar-refractivity contribution in [2.45, 2.75) is 6.54 Å². The molecule has 0 radical (unpaired) electrons. The first kappa shape index (κ1) is 15.9. The van der Waals surface area contributed by atoms with Gasteiger partial charge in [-0.2, -0.15) is 5.10 Å². The van der Waals surface area contributed by atoms with Crippen molar-refractivity contribution in [3.8, 4) is 11.5 Å². The fourth-order valence-electron chi connectivity index (χ4n) is 2.56. The fraction of sp³-hybridized carbons (Fsp3) is 0.0667. The van der Waals surface area contributed by atoms with Crippen molar-refractivity contribution >= 4 is 11.2 Å². The van der Waals surface area contributed by atoms with Crippen LogP contribution in [0.25, 0.3) is 22.7 Å². The van der Waals surface area contributed by atoms with Crippen LogP contribution in [0.4, 0.5) is 13.2 Å². The first-order chi connectivity index (χ1) is 12.4. The smallest absolute Gasteiger partial charge is 0.330 e. The number of H-pyrrole nitrogens is 3. The number of hydrogen-bond donors (Lipinski definition) is 3. The molecule has 0 aliphatic heterocycles. The first-order valence-electron chi connectivity index (χ1n) is 7.30. The maximum Gasteiger partial charge on any atom is 0.330 e. The minimum atomic E-state index is -1.34. The zero-order chi connectivity index (χ0) is 18.4. The third kappa shape index (κ3) is 2.49. The summed E-state index contributed by atoms with van der Waals surface area (Å²) in [5.41, 5.74) is -1.49. The van der Waals surface area contributed by atoms with Crippen molar-refractivity contribution in [3.05, 3.63) is 68.2 Å². The highest BCUT2D eigenvalue weighted by atomic mass is 19.2. The third-order valence-electron chi connectivity index (χ3n) is 3.81. The molecule has 0 bridgehead atoms.